The van der Waals surface area contributed by atoms with Crippen LogP contribution in [0.4, 0.5) is 5.82 Å². The molecule has 1 saturated heterocycles. The van der Waals surface area contributed by atoms with Gasteiger partial charge in [-0.1, -0.05) is 5.16 Å². The molecule has 2 aromatic rings. The van der Waals surface area contributed by atoms with Crippen molar-refractivity contribution in [1.29, 1.82) is 0 Å². The number of rotatable bonds is 5. The minimum absolute atomic E-state index is 0.0564. The van der Waals surface area contributed by atoms with Gasteiger partial charge in [0.25, 0.3) is 5.91 Å². The Morgan fingerprint density at radius 2 is 2.19 bits per heavy atom. The van der Waals surface area contributed by atoms with Crippen LogP contribution in [0.3, 0.4) is 0 Å². The monoisotopic (exact) mass is 371 g/mol. The number of piperidine rings is 1. The van der Waals surface area contributed by atoms with E-state index >= 15 is 0 Å². The largest absolute Gasteiger partial charge is 0.360 e. The van der Waals surface area contributed by atoms with Crippen LogP contribution in [0.15, 0.2) is 28.9 Å². The number of pyridine rings is 1. The van der Waals surface area contributed by atoms with Crippen LogP contribution in [0, 0.1) is 6.92 Å². The molecule has 0 radical (unpaired) electrons. The third kappa shape index (κ3) is 4.91. The van der Waals surface area contributed by atoms with Crippen molar-refractivity contribution in [3.63, 3.8) is 0 Å². The molecule has 0 aliphatic carbocycles. The summed E-state index contributed by atoms with van der Waals surface area (Å²) >= 11 is 0. The van der Waals surface area contributed by atoms with Crippen molar-refractivity contribution in [3.05, 3.63) is 41.4 Å². The summed E-state index contributed by atoms with van der Waals surface area (Å²) in [6, 6.07) is 5.43. The summed E-state index contributed by atoms with van der Waals surface area (Å²) in [5, 5.41) is 6.53. The number of anilines is 1. The lowest BCUT2D eigenvalue weighted by molar-refractivity contribution is -0.117. The first-order chi connectivity index (χ1) is 12.9. The topological polar surface area (TPSA) is 91.6 Å². The molecule has 2 amide bonds. The van der Waals surface area contributed by atoms with E-state index in [1.807, 2.05) is 12.1 Å². The lowest BCUT2D eigenvalue weighted by atomic mass is 9.94. The fourth-order valence-corrected chi connectivity index (χ4v) is 3.28. The molecule has 1 atom stereocenters. The van der Waals surface area contributed by atoms with Crippen LogP contribution in [0.1, 0.15) is 40.6 Å². The highest BCUT2D eigenvalue weighted by molar-refractivity contribution is 5.93. The average Bonchev–Trinajstić information content (AvgIpc) is 3.06. The summed E-state index contributed by atoms with van der Waals surface area (Å²) in [6.07, 6.45) is 3.66. The summed E-state index contributed by atoms with van der Waals surface area (Å²) in [5.74, 6) is 1.19. The number of aromatic nitrogens is 2. The van der Waals surface area contributed by atoms with E-state index in [9.17, 15) is 9.59 Å². The molecule has 1 aliphatic rings. The SMILES string of the molecule is Cc1cc(NC(=O)CN2CCC[C@H](c3ccc(C(=O)N(C)C)cn3)C2)no1. The van der Waals surface area contributed by atoms with Crippen LogP contribution in [0.5, 0.6) is 0 Å². The second kappa shape index (κ2) is 8.30. The van der Waals surface area contributed by atoms with Crippen molar-refractivity contribution >= 4 is 17.6 Å². The summed E-state index contributed by atoms with van der Waals surface area (Å²) < 4.78 is 4.96. The molecule has 0 bridgehead atoms. The highest BCUT2D eigenvalue weighted by atomic mass is 16.5. The van der Waals surface area contributed by atoms with E-state index in [-0.39, 0.29) is 17.7 Å². The number of likely N-dealkylation sites (tertiary alicyclic amines) is 1. The Hall–Kier alpha value is -2.74. The average molecular weight is 371 g/mol. The van der Waals surface area contributed by atoms with Gasteiger partial charge < -0.3 is 14.7 Å². The molecular weight excluding hydrogens is 346 g/mol. The molecule has 2 aromatic heterocycles. The first-order valence-electron chi connectivity index (χ1n) is 9.05. The van der Waals surface area contributed by atoms with Gasteiger partial charge >= 0.3 is 0 Å². The molecule has 0 saturated carbocycles. The smallest absolute Gasteiger partial charge is 0.254 e. The standard InChI is InChI=1S/C19H25N5O3/c1-13-9-17(22-27-13)21-18(25)12-24-8-4-5-15(11-24)16-7-6-14(10-20-16)19(26)23(2)3/h6-7,9-10,15H,4-5,8,11-12H2,1-3H3,(H,21,22,25)/t15-/m0/s1. The van der Waals surface area contributed by atoms with Crippen molar-refractivity contribution < 1.29 is 14.1 Å². The predicted octanol–water partition coefficient (Wildman–Crippen LogP) is 1.90. The summed E-state index contributed by atoms with van der Waals surface area (Å²) in [6.45, 7) is 3.72. The molecule has 27 heavy (non-hydrogen) atoms. The van der Waals surface area contributed by atoms with Gasteiger partial charge in [-0.05, 0) is 38.4 Å². The number of amides is 2. The lowest BCUT2D eigenvalue weighted by Gasteiger charge is -2.31. The first kappa shape index (κ1) is 19.0. The fourth-order valence-electron chi connectivity index (χ4n) is 3.28. The first-order valence-corrected chi connectivity index (χ1v) is 9.05. The molecule has 1 aliphatic heterocycles. The lowest BCUT2D eigenvalue weighted by Crippen LogP contribution is -2.40. The minimum Gasteiger partial charge on any atom is -0.360 e. The van der Waals surface area contributed by atoms with E-state index in [1.165, 1.54) is 4.90 Å². The van der Waals surface area contributed by atoms with Gasteiger partial charge in [0.1, 0.15) is 5.76 Å². The Kier molecular flexibility index (Phi) is 5.85. The zero-order chi connectivity index (χ0) is 19.4. The maximum absolute atomic E-state index is 12.2. The number of nitrogens with zero attached hydrogens (tertiary/aromatic N) is 4. The molecule has 0 aromatic carbocycles. The Morgan fingerprint density at radius 1 is 1.37 bits per heavy atom. The van der Waals surface area contributed by atoms with Crippen LogP contribution >= 0.6 is 0 Å². The van der Waals surface area contributed by atoms with E-state index in [4.69, 9.17) is 4.52 Å². The van der Waals surface area contributed by atoms with Crippen molar-refractivity contribution in [2.75, 3.05) is 39.0 Å². The van der Waals surface area contributed by atoms with Crippen LogP contribution in [0.25, 0.3) is 0 Å². The van der Waals surface area contributed by atoms with Crippen LogP contribution in [0.2, 0.25) is 0 Å². The van der Waals surface area contributed by atoms with Gasteiger partial charge in [-0.25, -0.2) is 0 Å². The predicted molar refractivity (Wildman–Crippen MR) is 101 cm³/mol. The molecular formula is C19H25N5O3. The summed E-state index contributed by atoms with van der Waals surface area (Å²) in [7, 11) is 3.45. The molecule has 3 heterocycles. The molecule has 8 heteroatoms. The van der Waals surface area contributed by atoms with Gasteiger partial charge in [0.05, 0.1) is 12.1 Å². The van der Waals surface area contributed by atoms with Gasteiger partial charge in [-0.2, -0.15) is 0 Å². The Bertz CT molecular complexity index is 800. The van der Waals surface area contributed by atoms with E-state index in [2.05, 4.69) is 20.4 Å². The zero-order valence-electron chi connectivity index (χ0n) is 15.9. The second-order valence-corrected chi connectivity index (χ2v) is 7.12. The molecule has 8 nitrogen and oxygen atoms in total. The normalized spacial score (nSPS) is 17.5. The van der Waals surface area contributed by atoms with Gasteiger partial charge in [0.15, 0.2) is 5.82 Å². The number of nitrogens with one attached hydrogen (secondary N) is 1. The fraction of sp³-hybridized carbons (Fsp3) is 0.474. The molecule has 0 unspecified atom stereocenters. The number of hydrogen-bond donors (Lipinski definition) is 1. The van der Waals surface area contributed by atoms with Crippen LogP contribution < -0.4 is 5.32 Å². The zero-order valence-corrected chi connectivity index (χ0v) is 15.9. The maximum atomic E-state index is 12.2. The quantitative estimate of drug-likeness (QED) is 0.863. The molecule has 0 spiro atoms. The Labute approximate surface area is 158 Å². The molecule has 3 rings (SSSR count). The second-order valence-electron chi connectivity index (χ2n) is 7.12. The van der Waals surface area contributed by atoms with E-state index in [1.54, 1.807) is 33.3 Å². The maximum Gasteiger partial charge on any atom is 0.254 e. The Balaban J connectivity index is 1.57. The number of carbonyl (C=O) groups is 2. The van der Waals surface area contributed by atoms with E-state index < -0.39 is 0 Å². The molecule has 144 valence electrons. The summed E-state index contributed by atoms with van der Waals surface area (Å²) in [5.41, 5.74) is 1.54. The van der Waals surface area contributed by atoms with Gasteiger partial charge in [-0.3, -0.25) is 19.5 Å². The van der Waals surface area contributed by atoms with Gasteiger partial charge in [0.2, 0.25) is 5.91 Å². The highest BCUT2D eigenvalue weighted by Gasteiger charge is 2.24. The van der Waals surface area contributed by atoms with Crippen molar-refractivity contribution in [1.82, 2.24) is 19.9 Å². The van der Waals surface area contributed by atoms with Gasteiger partial charge in [-0.15, -0.1) is 0 Å². The highest BCUT2D eigenvalue weighted by Crippen LogP contribution is 2.25. The molecule has 1 N–H and O–H groups in total. The molecule has 1 fully saturated rings. The number of aryl methyl sites for hydroxylation is 1. The minimum atomic E-state index is -0.108. The third-order valence-corrected chi connectivity index (χ3v) is 4.63. The van der Waals surface area contributed by atoms with Crippen molar-refractivity contribution in [3.8, 4) is 0 Å². The van der Waals surface area contributed by atoms with Gasteiger partial charge in [0, 0.05) is 44.5 Å². The number of carbonyl (C=O) groups excluding carboxylic acids is 2. The van der Waals surface area contributed by atoms with E-state index in [0.29, 0.717) is 23.7 Å². The number of hydrogen-bond acceptors (Lipinski definition) is 6. The van der Waals surface area contributed by atoms with Crippen molar-refractivity contribution in [2.45, 2.75) is 25.7 Å². The van der Waals surface area contributed by atoms with Crippen LogP contribution in [-0.2, 0) is 4.79 Å². The third-order valence-electron chi connectivity index (χ3n) is 4.63. The van der Waals surface area contributed by atoms with Crippen molar-refractivity contribution in [2.24, 2.45) is 0 Å². The summed E-state index contributed by atoms with van der Waals surface area (Å²) in [4.78, 5) is 32.4. The van der Waals surface area contributed by atoms with Crippen LogP contribution in [-0.4, -0.2) is 65.5 Å². The Morgan fingerprint density at radius 3 is 2.81 bits per heavy atom. The van der Waals surface area contributed by atoms with E-state index in [0.717, 1.165) is 31.6 Å².